The molecule has 10 heteroatoms. The van der Waals surface area contributed by atoms with Crippen molar-refractivity contribution in [2.45, 2.75) is 31.2 Å². The molecule has 10 nitrogen and oxygen atoms in total. The van der Waals surface area contributed by atoms with E-state index in [0.29, 0.717) is 32.6 Å². The van der Waals surface area contributed by atoms with Crippen LogP contribution in [0, 0.1) is 0 Å². The molecule has 0 radical (unpaired) electrons. The van der Waals surface area contributed by atoms with Crippen molar-refractivity contribution in [3.63, 3.8) is 0 Å². The molecule has 3 rings (SSSR count). The Bertz CT molecular complexity index is 492. The molecule has 3 atom stereocenters. The molecule has 3 aliphatic rings. The zero-order chi connectivity index (χ0) is 17.1. The molecule has 2 N–H and O–H groups in total. The smallest absolute Gasteiger partial charge is 0.342 e. The van der Waals surface area contributed by atoms with Crippen LogP contribution in [-0.2, 0) is 19.0 Å². The Hall–Kier alpha value is -1.75. The second kappa shape index (κ2) is 7.43. The fourth-order valence-electron chi connectivity index (χ4n) is 2.30. The quantitative estimate of drug-likeness (QED) is 0.190. The molecule has 0 aromatic heterocycles. The van der Waals surface area contributed by atoms with E-state index in [0.717, 1.165) is 27.8 Å². The molecular formula is C14H22N4O6. The first-order chi connectivity index (χ1) is 11.6. The number of hydrazine groups is 1. The summed E-state index contributed by atoms with van der Waals surface area (Å²) in [6, 6.07) is -1.35. The van der Waals surface area contributed by atoms with Gasteiger partial charge in [-0.1, -0.05) is 0 Å². The van der Waals surface area contributed by atoms with Crippen LogP contribution in [0.1, 0.15) is 12.8 Å². The Morgan fingerprint density at radius 2 is 1.58 bits per heavy atom. The van der Waals surface area contributed by atoms with Crippen LogP contribution in [0.2, 0.25) is 0 Å². The number of carbonyl (C=O) groups is 3. The molecular weight excluding hydrogens is 320 g/mol. The third-order valence-corrected chi connectivity index (χ3v) is 4.00. The van der Waals surface area contributed by atoms with Gasteiger partial charge < -0.3 is 14.2 Å². The largest absolute Gasteiger partial charge is 0.373 e. The Balaban J connectivity index is 1.56. The Morgan fingerprint density at radius 1 is 1.00 bits per heavy atom. The number of hydrogen-bond donors (Lipinski definition) is 1. The summed E-state index contributed by atoms with van der Waals surface area (Å²) in [6.07, 6.45) is 1.82. The predicted octanol–water partition coefficient (Wildman–Crippen LogP) is -0.861. The van der Waals surface area contributed by atoms with Gasteiger partial charge in [-0.25, -0.2) is 20.3 Å². The third-order valence-electron chi connectivity index (χ3n) is 4.00. The van der Waals surface area contributed by atoms with E-state index >= 15 is 0 Å². The summed E-state index contributed by atoms with van der Waals surface area (Å²) in [5, 5.41) is 0.999. The number of urea groups is 2. The summed E-state index contributed by atoms with van der Waals surface area (Å²) >= 11 is 0. The van der Waals surface area contributed by atoms with Crippen LogP contribution in [-0.4, -0.2) is 91.0 Å². The van der Waals surface area contributed by atoms with Crippen molar-refractivity contribution < 1.29 is 28.6 Å². The first-order valence-electron chi connectivity index (χ1n) is 8.03. The van der Waals surface area contributed by atoms with E-state index in [1.54, 1.807) is 0 Å². The van der Waals surface area contributed by atoms with Gasteiger partial charge in [-0.3, -0.25) is 14.7 Å². The lowest BCUT2D eigenvalue weighted by molar-refractivity contribution is -0.116. The van der Waals surface area contributed by atoms with Gasteiger partial charge in [0.2, 0.25) is 6.41 Å². The second-order valence-electron chi connectivity index (χ2n) is 6.14. The fraction of sp³-hybridized carbons (Fsp3) is 0.786. The molecule has 3 unspecified atom stereocenters. The highest BCUT2D eigenvalue weighted by atomic mass is 16.6. The highest BCUT2D eigenvalue weighted by Gasteiger charge is 2.37. The molecule has 3 heterocycles. The van der Waals surface area contributed by atoms with Gasteiger partial charge in [0.25, 0.3) is 0 Å². The van der Waals surface area contributed by atoms with Crippen LogP contribution in [0.25, 0.3) is 0 Å². The third kappa shape index (κ3) is 4.87. The summed E-state index contributed by atoms with van der Waals surface area (Å²) in [5.74, 6) is 5.79. The van der Waals surface area contributed by atoms with Gasteiger partial charge in [0.15, 0.2) is 0 Å². The first-order valence-corrected chi connectivity index (χ1v) is 8.03. The number of rotatable bonds is 9. The number of carbonyl (C=O) groups excluding carboxylic acids is 3. The molecule has 24 heavy (non-hydrogen) atoms. The average Bonchev–Trinajstić information content (AvgIpc) is 3.42. The van der Waals surface area contributed by atoms with E-state index in [4.69, 9.17) is 20.1 Å². The summed E-state index contributed by atoms with van der Waals surface area (Å²) in [4.78, 5) is 38.1. The summed E-state index contributed by atoms with van der Waals surface area (Å²) in [6.45, 7) is 2.24. The SMILES string of the molecule is NN(CCCC1CO1)C(=O)N(CC1CO1)C(=O)N(C=O)CC1CO1. The van der Waals surface area contributed by atoms with Crippen LogP contribution in [0.15, 0.2) is 0 Å². The highest BCUT2D eigenvalue weighted by molar-refractivity contribution is 5.97. The Kier molecular flexibility index (Phi) is 5.29. The minimum absolute atomic E-state index is 0.0764. The van der Waals surface area contributed by atoms with Crippen LogP contribution in [0.5, 0.6) is 0 Å². The van der Waals surface area contributed by atoms with Crippen molar-refractivity contribution in [1.29, 1.82) is 0 Å². The van der Waals surface area contributed by atoms with Gasteiger partial charge in [0.1, 0.15) is 0 Å². The van der Waals surface area contributed by atoms with Crippen LogP contribution < -0.4 is 5.84 Å². The number of ether oxygens (including phenoxy) is 3. The van der Waals surface area contributed by atoms with E-state index < -0.39 is 12.1 Å². The van der Waals surface area contributed by atoms with E-state index in [2.05, 4.69) is 0 Å². The van der Waals surface area contributed by atoms with Gasteiger partial charge in [0.05, 0.1) is 51.2 Å². The molecule has 3 saturated heterocycles. The standard InChI is InChI=1S/C14H22N4O6/c15-18(3-1-2-10-6-22-10)14(21)17(5-12-8-24-12)13(20)16(9-19)4-11-7-23-11/h9-12H,1-8,15H2. The van der Waals surface area contributed by atoms with E-state index in [1.165, 1.54) is 0 Å². The Labute approximate surface area is 139 Å². The summed E-state index contributed by atoms with van der Waals surface area (Å²) < 4.78 is 15.2. The van der Waals surface area contributed by atoms with Gasteiger partial charge in [-0.05, 0) is 12.8 Å². The van der Waals surface area contributed by atoms with Crippen LogP contribution in [0.4, 0.5) is 9.59 Å². The van der Waals surface area contributed by atoms with E-state index in [9.17, 15) is 14.4 Å². The number of nitrogens with two attached hydrogens (primary N) is 1. The zero-order valence-corrected chi connectivity index (χ0v) is 13.3. The van der Waals surface area contributed by atoms with Crippen molar-refractivity contribution in [3.05, 3.63) is 0 Å². The monoisotopic (exact) mass is 342 g/mol. The lowest BCUT2D eigenvalue weighted by Crippen LogP contribution is -2.55. The lowest BCUT2D eigenvalue weighted by Gasteiger charge is -2.28. The lowest BCUT2D eigenvalue weighted by atomic mass is 10.2. The van der Waals surface area contributed by atoms with Gasteiger partial charge in [-0.15, -0.1) is 0 Å². The van der Waals surface area contributed by atoms with E-state index in [1.807, 2.05) is 0 Å². The maximum Gasteiger partial charge on any atom is 0.342 e. The van der Waals surface area contributed by atoms with Gasteiger partial charge in [0, 0.05) is 6.54 Å². The number of amides is 5. The van der Waals surface area contributed by atoms with Crippen molar-refractivity contribution >= 4 is 18.5 Å². The molecule has 0 bridgehead atoms. The molecule has 3 aliphatic heterocycles. The number of imide groups is 2. The molecule has 0 aliphatic carbocycles. The van der Waals surface area contributed by atoms with Crippen molar-refractivity contribution in [2.24, 2.45) is 5.84 Å². The van der Waals surface area contributed by atoms with Crippen molar-refractivity contribution in [2.75, 3.05) is 39.5 Å². The fourth-order valence-corrected chi connectivity index (χ4v) is 2.30. The molecule has 0 spiro atoms. The van der Waals surface area contributed by atoms with Crippen molar-refractivity contribution in [1.82, 2.24) is 14.8 Å². The minimum Gasteiger partial charge on any atom is -0.373 e. The molecule has 3 fully saturated rings. The second-order valence-corrected chi connectivity index (χ2v) is 6.14. The predicted molar refractivity (Wildman–Crippen MR) is 79.6 cm³/mol. The molecule has 5 amide bonds. The van der Waals surface area contributed by atoms with Crippen molar-refractivity contribution in [3.8, 4) is 0 Å². The molecule has 0 aromatic rings. The van der Waals surface area contributed by atoms with Gasteiger partial charge >= 0.3 is 12.1 Å². The topological polar surface area (TPSA) is 125 Å². The molecule has 0 saturated carbocycles. The summed E-state index contributed by atoms with van der Waals surface area (Å²) in [5.41, 5.74) is 0. The average molecular weight is 342 g/mol. The van der Waals surface area contributed by atoms with Crippen LogP contribution >= 0.6 is 0 Å². The normalized spacial score (nSPS) is 26.5. The summed E-state index contributed by atoms with van der Waals surface area (Å²) in [7, 11) is 0. The minimum atomic E-state index is -0.707. The van der Waals surface area contributed by atoms with Gasteiger partial charge in [-0.2, -0.15) is 0 Å². The number of epoxide rings is 3. The maximum absolute atomic E-state index is 12.5. The number of nitrogens with zero attached hydrogens (tertiary/aromatic N) is 3. The molecule has 134 valence electrons. The Morgan fingerprint density at radius 3 is 2.12 bits per heavy atom. The first kappa shape index (κ1) is 17.1. The maximum atomic E-state index is 12.5. The van der Waals surface area contributed by atoms with Crippen LogP contribution in [0.3, 0.4) is 0 Å². The number of hydrogen-bond acceptors (Lipinski definition) is 7. The molecule has 0 aromatic carbocycles. The zero-order valence-electron chi connectivity index (χ0n) is 13.3. The highest BCUT2D eigenvalue weighted by Crippen LogP contribution is 2.17. The van der Waals surface area contributed by atoms with E-state index in [-0.39, 0.29) is 31.4 Å².